The molecule has 0 aliphatic rings. The molecule has 2 heteroatoms. The van der Waals surface area contributed by atoms with Gasteiger partial charge in [-0.3, -0.25) is 0 Å². The van der Waals surface area contributed by atoms with Gasteiger partial charge in [-0.1, -0.05) is 27.2 Å². The molecule has 10 heavy (non-hydrogen) atoms. The third kappa shape index (κ3) is 24.7. The summed E-state index contributed by atoms with van der Waals surface area (Å²) < 4.78 is 4.78. The fourth-order valence-corrected chi connectivity index (χ4v) is 0.351. The van der Waals surface area contributed by atoms with Crippen LogP contribution in [-0.2, 0) is 4.74 Å². The van der Waals surface area contributed by atoms with Gasteiger partial charge in [-0.2, -0.15) is 0 Å². The molecule has 0 heterocycles. The summed E-state index contributed by atoms with van der Waals surface area (Å²) >= 11 is 0. The lowest BCUT2D eigenvalue weighted by Gasteiger charge is -1.96. The van der Waals surface area contributed by atoms with Gasteiger partial charge in [-0.15, -0.1) is 0 Å². The van der Waals surface area contributed by atoms with Gasteiger partial charge < -0.3 is 10.1 Å². The Kier molecular flexibility index (Phi) is 20.1. The second kappa shape index (κ2) is 16.0. The topological polar surface area (TPSA) is 21.3 Å². The minimum Gasteiger partial charge on any atom is -0.383 e. The van der Waals surface area contributed by atoms with Crippen molar-refractivity contribution in [2.75, 3.05) is 26.8 Å². The lowest BCUT2D eigenvalue weighted by Crippen LogP contribution is -2.17. The van der Waals surface area contributed by atoms with Gasteiger partial charge in [-0.05, 0) is 6.54 Å². The Morgan fingerprint density at radius 1 is 1.20 bits per heavy atom. The predicted octanol–water partition coefficient (Wildman–Crippen LogP) is 1.66. The summed E-state index contributed by atoms with van der Waals surface area (Å²) in [5.41, 5.74) is 0. The molecular weight excluding hydrogens is 126 g/mol. The van der Waals surface area contributed by atoms with Crippen molar-refractivity contribution in [1.29, 1.82) is 0 Å². The Hall–Kier alpha value is -0.0800. The molecule has 0 aliphatic heterocycles. The molecule has 2 nitrogen and oxygen atoms in total. The summed E-state index contributed by atoms with van der Waals surface area (Å²) in [6.45, 7) is 9.14. The normalized spacial score (nSPS) is 8.40. The average Bonchev–Trinajstić information content (AvgIpc) is 1.91. The van der Waals surface area contributed by atoms with Crippen LogP contribution in [0.25, 0.3) is 0 Å². The van der Waals surface area contributed by atoms with Gasteiger partial charge in [0.15, 0.2) is 0 Å². The predicted molar refractivity (Wildman–Crippen MR) is 46.4 cm³/mol. The van der Waals surface area contributed by atoms with Crippen molar-refractivity contribution in [2.24, 2.45) is 0 Å². The first-order valence-corrected chi connectivity index (χ1v) is 4.03. The fourth-order valence-electron chi connectivity index (χ4n) is 0.351. The second-order valence-electron chi connectivity index (χ2n) is 2.05. The highest BCUT2D eigenvalue weighted by atomic mass is 16.5. The molecule has 0 radical (unpaired) electrons. The van der Waals surface area contributed by atoms with Crippen molar-refractivity contribution in [3.05, 3.63) is 0 Å². The van der Waals surface area contributed by atoms with Crippen molar-refractivity contribution >= 4 is 0 Å². The van der Waals surface area contributed by atoms with Crippen molar-refractivity contribution in [3.63, 3.8) is 0 Å². The summed E-state index contributed by atoms with van der Waals surface area (Å²) in [6, 6.07) is 0. The van der Waals surface area contributed by atoms with Crippen LogP contribution in [0.5, 0.6) is 0 Å². The molecule has 0 aliphatic carbocycles. The monoisotopic (exact) mass is 147 g/mol. The van der Waals surface area contributed by atoms with Crippen LogP contribution < -0.4 is 5.32 Å². The van der Waals surface area contributed by atoms with Crippen LogP contribution in [0.4, 0.5) is 0 Å². The number of rotatable bonds is 4. The molecule has 0 atom stereocenters. The highest BCUT2D eigenvalue weighted by Gasteiger charge is 1.76. The third-order valence-corrected chi connectivity index (χ3v) is 0.733. The van der Waals surface area contributed by atoms with Gasteiger partial charge in [0.25, 0.3) is 0 Å². The molecule has 0 amide bonds. The first kappa shape index (κ1) is 12.6. The molecule has 0 saturated heterocycles. The molecule has 64 valence electrons. The van der Waals surface area contributed by atoms with Crippen molar-refractivity contribution in [1.82, 2.24) is 5.32 Å². The van der Waals surface area contributed by atoms with Crippen LogP contribution >= 0.6 is 0 Å². The van der Waals surface area contributed by atoms with Crippen LogP contribution in [0.15, 0.2) is 0 Å². The zero-order valence-electron chi connectivity index (χ0n) is 7.74. The van der Waals surface area contributed by atoms with Crippen LogP contribution in [0.3, 0.4) is 0 Å². The quantitative estimate of drug-likeness (QED) is 0.611. The smallest absolute Gasteiger partial charge is 0.0587 e. The highest BCUT2D eigenvalue weighted by molar-refractivity contribution is 4.36. The second-order valence-corrected chi connectivity index (χ2v) is 2.05. The molecule has 0 aromatic rings. The van der Waals surface area contributed by atoms with E-state index in [0.29, 0.717) is 0 Å². The molecule has 0 unspecified atom stereocenters. The Morgan fingerprint density at radius 3 is 2.00 bits per heavy atom. The zero-order valence-corrected chi connectivity index (χ0v) is 7.74. The lowest BCUT2D eigenvalue weighted by molar-refractivity contribution is 0.200. The summed E-state index contributed by atoms with van der Waals surface area (Å²) in [7, 11) is 1.71. The minimum absolute atomic E-state index is 0.813. The van der Waals surface area contributed by atoms with Crippen molar-refractivity contribution in [3.8, 4) is 0 Å². The number of nitrogens with one attached hydrogen (secondary N) is 1. The standard InChI is InChI=1S/C5H13NO.C3H8/c1-3-6-4-5-7-2;1-3-2/h6H,3-5H2,1-2H3;3H2,1-2H3. The number of methoxy groups -OCH3 is 1. The number of hydrogen-bond acceptors (Lipinski definition) is 2. The molecule has 0 bridgehead atoms. The van der Waals surface area contributed by atoms with E-state index in [9.17, 15) is 0 Å². The van der Waals surface area contributed by atoms with E-state index in [1.807, 2.05) is 0 Å². The first-order chi connectivity index (χ1) is 4.83. The molecule has 0 saturated carbocycles. The van der Waals surface area contributed by atoms with Gasteiger partial charge in [0.05, 0.1) is 6.61 Å². The van der Waals surface area contributed by atoms with Gasteiger partial charge in [0.1, 0.15) is 0 Å². The van der Waals surface area contributed by atoms with E-state index in [1.165, 1.54) is 6.42 Å². The van der Waals surface area contributed by atoms with E-state index in [4.69, 9.17) is 4.74 Å². The molecule has 0 aromatic carbocycles. The summed E-state index contributed by atoms with van der Waals surface area (Å²) in [5.74, 6) is 0. The Balaban J connectivity index is 0. The fraction of sp³-hybridized carbons (Fsp3) is 1.00. The maximum atomic E-state index is 4.78. The molecule has 0 fully saturated rings. The van der Waals surface area contributed by atoms with E-state index < -0.39 is 0 Å². The largest absolute Gasteiger partial charge is 0.383 e. The van der Waals surface area contributed by atoms with E-state index >= 15 is 0 Å². The van der Waals surface area contributed by atoms with Gasteiger partial charge >= 0.3 is 0 Å². The Morgan fingerprint density at radius 2 is 1.70 bits per heavy atom. The summed E-state index contributed by atoms with van der Waals surface area (Å²) in [6.07, 6.45) is 1.25. The molecule has 1 N–H and O–H groups in total. The van der Waals surface area contributed by atoms with E-state index in [2.05, 4.69) is 26.1 Å². The molecule has 0 spiro atoms. The SMILES string of the molecule is CCC.CCNCCOC. The van der Waals surface area contributed by atoms with Gasteiger partial charge in [-0.25, -0.2) is 0 Å². The summed E-state index contributed by atoms with van der Waals surface area (Å²) in [5, 5.41) is 3.12. The molecule has 0 rings (SSSR count). The van der Waals surface area contributed by atoms with Crippen molar-refractivity contribution in [2.45, 2.75) is 27.2 Å². The van der Waals surface area contributed by atoms with Crippen LogP contribution in [0.2, 0.25) is 0 Å². The summed E-state index contributed by atoms with van der Waals surface area (Å²) in [4.78, 5) is 0. The third-order valence-electron chi connectivity index (χ3n) is 0.733. The van der Waals surface area contributed by atoms with E-state index in [1.54, 1.807) is 7.11 Å². The van der Waals surface area contributed by atoms with Crippen molar-refractivity contribution < 1.29 is 4.74 Å². The molecule has 0 aromatic heterocycles. The van der Waals surface area contributed by atoms with Gasteiger partial charge in [0, 0.05) is 13.7 Å². The number of hydrogen-bond donors (Lipinski definition) is 1. The van der Waals surface area contributed by atoms with Gasteiger partial charge in [0.2, 0.25) is 0 Å². The van der Waals surface area contributed by atoms with E-state index in [0.717, 1.165) is 19.7 Å². The first-order valence-electron chi connectivity index (χ1n) is 4.03. The lowest BCUT2D eigenvalue weighted by atomic mass is 10.6. The maximum absolute atomic E-state index is 4.78. The van der Waals surface area contributed by atoms with E-state index in [-0.39, 0.29) is 0 Å². The minimum atomic E-state index is 0.813. The zero-order chi connectivity index (χ0) is 8.24. The number of likely N-dealkylation sites (N-methyl/N-ethyl adjacent to an activating group) is 1. The average molecular weight is 147 g/mol. The van der Waals surface area contributed by atoms with Crippen LogP contribution in [-0.4, -0.2) is 26.8 Å². The Bertz CT molecular complexity index is 36.2. The Labute approximate surface area is 65.0 Å². The maximum Gasteiger partial charge on any atom is 0.0587 e. The highest BCUT2D eigenvalue weighted by Crippen LogP contribution is 1.61. The van der Waals surface area contributed by atoms with Crippen LogP contribution in [0.1, 0.15) is 27.2 Å². The molecular formula is C8H21NO. The number of ether oxygens (including phenoxy) is 1. The van der Waals surface area contributed by atoms with Crippen LogP contribution in [0, 0.1) is 0 Å².